The molecular formula is C13H18N2OS. The van der Waals surface area contributed by atoms with E-state index in [9.17, 15) is 4.79 Å². The zero-order chi connectivity index (χ0) is 12.3. The molecule has 1 unspecified atom stereocenters. The Morgan fingerprint density at radius 2 is 2.12 bits per heavy atom. The molecule has 0 aliphatic carbocycles. The van der Waals surface area contributed by atoms with E-state index in [4.69, 9.17) is 5.73 Å². The molecule has 2 N–H and O–H groups in total. The number of carbonyl (C=O) groups excluding carboxylic acids is 1. The highest BCUT2D eigenvalue weighted by Crippen LogP contribution is 2.17. The van der Waals surface area contributed by atoms with Gasteiger partial charge in [-0.25, -0.2) is 0 Å². The summed E-state index contributed by atoms with van der Waals surface area (Å²) in [6, 6.07) is 7.91. The minimum atomic E-state index is 0.104. The average molecular weight is 250 g/mol. The standard InChI is InChI=1S/C13H18N2OS/c1-17-12-6-4-10(5-7-12)13(16)15-8-2-3-11(14)9-15/h4-7,11H,2-3,8-9,14H2,1H3. The van der Waals surface area contributed by atoms with Crippen molar-refractivity contribution in [2.24, 2.45) is 5.73 Å². The lowest BCUT2D eigenvalue weighted by atomic mass is 10.1. The molecule has 0 aromatic heterocycles. The van der Waals surface area contributed by atoms with Crippen LogP contribution in [0.25, 0.3) is 0 Å². The van der Waals surface area contributed by atoms with Crippen LogP contribution in [0.1, 0.15) is 23.2 Å². The number of hydrogen-bond acceptors (Lipinski definition) is 3. The number of nitrogens with zero attached hydrogens (tertiary/aromatic N) is 1. The van der Waals surface area contributed by atoms with E-state index >= 15 is 0 Å². The van der Waals surface area contributed by atoms with Gasteiger partial charge in [0.05, 0.1) is 0 Å². The van der Waals surface area contributed by atoms with Crippen molar-refractivity contribution in [1.82, 2.24) is 4.90 Å². The zero-order valence-corrected chi connectivity index (χ0v) is 10.9. The van der Waals surface area contributed by atoms with E-state index in [1.54, 1.807) is 11.8 Å². The van der Waals surface area contributed by atoms with E-state index in [1.807, 2.05) is 35.4 Å². The van der Waals surface area contributed by atoms with Crippen molar-refractivity contribution in [2.75, 3.05) is 19.3 Å². The Balaban J connectivity index is 2.07. The topological polar surface area (TPSA) is 46.3 Å². The van der Waals surface area contributed by atoms with Gasteiger partial charge in [0, 0.05) is 29.6 Å². The van der Waals surface area contributed by atoms with Crippen LogP contribution in [0, 0.1) is 0 Å². The normalized spacial score (nSPS) is 20.4. The van der Waals surface area contributed by atoms with Crippen LogP contribution in [0.5, 0.6) is 0 Å². The van der Waals surface area contributed by atoms with Crippen LogP contribution in [0.3, 0.4) is 0 Å². The summed E-state index contributed by atoms with van der Waals surface area (Å²) in [4.78, 5) is 15.2. The molecule has 0 spiro atoms. The van der Waals surface area contributed by atoms with Gasteiger partial charge in [-0.15, -0.1) is 11.8 Å². The molecule has 1 aromatic rings. The van der Waals surface area contributed by atoms with Crippen LogP contribution >= 0.6 is 11.8 Å². The highest BCUT2D eigenvalue weighted by molar-refractivity contribution is 7.98. The predicted molar refractivity (Wildman–Crippen MR) is 71.3 cm³/mol. The first kappa shape index (κ1) is 12.5. The molecule has 1 aromatic carbocycles. The van der Waals surface area contributed by atoms with E-state index in [1.165, 1.54) is 4.90 Å². The second kappa shape index (κ2) is 5.56. The Morgan fingerprint density at radius 3 is 2.71 bits per heavy atom. The predicted octanol–water partition coefficient (Wildman–Crippen LogP) is 1.97. The Hall–Kier alpha value is -1.00. The fourth-order valence-corrected chi connectivity index (χ4v) is 2.52. The molecule has 1 heterocycles. The van der Waals surface area contributed by atoms with Gasteiger partial charge in [0.1, 0.15) is 0 Å². The lowest BCUT2D eigenvalue weighted by Crippen LogP contribution is -2.45. The van der Waals surface area contributed by atoms with Crippen molar-refractivity contribution in [3.05, 3.63) is 29.8 Å². The third-order valence-electron chi connectivity index (χ3n) is 3.08. The number of rotatable bonds is 2. The molecule has 3 nitrogen and oxygen atoms in total. The Morgan fingerprint density at radius 1 is 1.41 bits per heavy atom. The van der Waals surface area contributed by atoms with E-state index < -0.39 is 0 Å². The van der Waals surface area contributed by atoms with Gasteiger partial charge in [-0.3, -0.25) is 4.79 Å². The third-order valence-corrected chi connectivity index (χ3v) is 3.83. The largest absolute Gasteiger partial charge is 0.337 e. The summed E-state index contributed by atoms with van der Waals surface area (Å²) in [5, 5.41) is 0. The van der Waals surface area contributed by atoms with Crippen LogP contribution in [-0.4, -0.2) is 36.2 Å². The molecule has 1 atom stereocenters. The monoisotopic (exact) mass is 250 g/mol. The summed E-state index contributed by atoms with van der Waals surface area (Å²) < 4.78 is 0. The third kappa shape index (κ3) is 3.01. The van der Waals surface area contributed by atoms with E-state index in [2.05, 4.69) is 0 Å². The summed E-state index contributed by atoms with van der Waals surface area (Å²) in [6.45, 7) is 1.51. The fourth-order valence-electron chi connectivity index (χ4n) is 2.11. The molecule has 0 bridgehead atoms. The molecule has 1 fully saturated rings. The molecule has 1 saturated heterocycles. The van der Waals surface area contributed by atoms with Gasteiger partial charge in [-0.1, -0.05) is 0 Å². The molecule has 0 radical (unpaired) electrons. The number of nitrogens with two attached hydrogens (primary N) is 1. The van der Waals surface area contributed by atoms with Crippen molar-refractivity contribution >= 4 is 17.7 Å². The second-order valence-electron chi connectivity index (χ2n) is 4.38. The van der Waals surface area contributed by atoms with Crippen LogP contribution < -0.4 is 5.73 Å². The van der Waals surface area contributed by atoms with Gasteiger partial charge in [-0.05, 0) is 43.4 Å². The maximum atomic E-state index is 12.2. The Kier molecular flexibility index (Phi) is 4.07. The fraction of sp³-hybridized carbons (Fsp3) is 0.462. The van der Waals surface area contributed by atoms with Gasteiger partial charge in [0.2, 0.25) is 0 Å². The Labute approximate surface area is 106 Å². The first-order chi connectivity index (χ1) is 8.20. The highest BCUT2D eigenvalue weighted by Gasteiger charge is 2.21. The summed E-state index contributed by atoms with van der Waals surface area (Å²) in [6.07, 6.45) is 4.06. The lowest BCUT2D eigenvalue weighted by molar-refractivity contribution is 0.0709. The number of hydrogen-bond donors (Lipinski definition) is 1. The number of thioether (sulfide) groups is 1. The van der Waals surface area contributed by atoms with Gasteiger partial charge in [-0.2, -0.15) is 0 Å². The molecule has 1 aliphatic heterocycles. The summed E-state index contributed by atoms with van der Waals surface area (Å²) in [5.74, 6) is 0.104. The van der Waals surface area contributed by atoms with Gasteiger partial charge in [0.25, 0.3) is 5.91 Å². The number of amides is 1. The zero-order valence-electron chi connectivity index (χ0n) is 10.1. The highest BCUT2D eigenvalue weighted by atomic mass is 32.2. The molecule has 2 rings (SSSR count). The van der Waals surface area contributed by atoms with Crippen molar-refractivity contribution in [3.63, 3.8) is 0 Å². The maximum Gasteiger partial charge on any atom is 0.253 e. The first-order valence-electron chi connectivity index (χ1n) is 5.89. The molecule has 1 aliphatic rings. The van der Waals surface area contributed by atoms with Crippen molar-refractivity contribution in [1.29, 1.82) is 0 Å². The summed E-state index contributed by atoms with van der Waals surface area (Å²) in [7, 11) is 0. The molecule has 4 heteroatoms. The molecule has 17 heavy (non-hydrogen) atoms. The number of piperidine rings is 1. The van der Waals surface area contributed by atoms with E-state index in [0.717, 1.165) is 24.9 Å². The van der Waals surface area contributed by atoms with E-state index in [0.29, 0.717) is 6.54 Å². The smallest absolute Gasteiger partial charge is 0.253 e. The minimum absolute atomic E-state index is 0.104. The van der Waals surface area contributed by atoms with Gasteiger partial charge >= 0.3 is 0 Å². The summed E-state index contributed by atoms with van der Waals surface area (Å²) >= 11 is 1.68. The molecular weight excluding hydrogens is 232 g/mol. The number of benzene rings is 1. The van der Waals surface area contributed by atoms with Crippen molar-refractivity contribution in [3.8, 4) is 0 Å². The van der Waals surface area contributed by atoms with Crippen molar-refractivity contribution in [2.45, 2.75) is 23.8 Å². The van der Waals surface area contributed by atoms with Gasteiger partial charge in [0.15, 0.2) is 0 Å². The van der Waals surface area contributed by atoms with Crippen LogP contribution in [0.4, 0.5) is 0 Å². The molecule has 1 amide bonds. The minimum Gasteiger partial charge on any atom is -0.337 e. The van der Waals surface area contributed by atoms with E-state index in [-0.39, 0.29) is 11.9 Å². The van der Waals surface area contributed by atoms with Crippen molar-refractivity contribution < 1.29 is 4.79 Å². The SMILES string of the molecule is CSc1ccc(C(=O)N2CCCC(N)C2)cc1. The van der Waals surface area contributed by atoms with Crippen LogP contribution in [-0.2, 0) is 0 Å². The Bertz CT molecular complexity index is 391. The summed E-state index contributed by atoms with van der Waals surface area (Å²) in [5.41, 5.74) is 6.65. The number of carbonyl (C=O) groups is 1. The number of likely N-dealkylation sites (tertiary alicyclic amines) is 1. The average Bonchev–Trinajstić information content (AvgIpc) is 2.38. The molecule has 92 valence electrons. The quantitative estimate of drug-likeness (QED) is 0.816. The second-order valence-corrected chi connectivity index (χ2v) is 5.26. The molecule has 0 saturated carbocycles. The lowest BCUT2D eigenvalue weighted by Gasteiger charge is -2.30. The maximum absolute atomic E-state index is 12.2. The first-order valence-corrected chi connectivity index (χ1v) is 7.12. The van der Waals surface area contributed by atoms with Gasteiger partial charge < -0.3 is 10.6 Å². The van der Waals surface area contributed by atoms with Crippen LogP contribution in [0.2, 0.25) is 0 Å². The van der Waals surface area contributed by atoms with Crippen LogP contribution in [0.15, 0.2) is 29.2 Å².